The average molecular weight is 398 g/mol. The molecule has 29 heavy (non-hydrogen) atoms. The number of carbonyl (C=O) groups is 4. The van der Waals surface area contributed by atoms with E-state index in [-0.39, 0.29) is 12.6 Å². The molecular formula is C20H18N2O7. The molecule has 9 nitrogen and oxygen atoms in total. The highest BCUT2D eigenvalue weighted by atomic mass is 16.7. The zero-order valence-electron chi connectivity index (χ0n) is 15.5. The van der Waals surface area contributed by atoms with Gasteiger partial charge in [0.1, 0.15) is 6.54 Å². The number of fused-ring (bicyclic) bond motifs is 1. The lowest BCUT2D eigenvalue weighted by Gasteiger charge is -2.10. The summed E-state index contributed by atoms with van der Waals surface area (Å²) in [7, 11) is 0. The molecule has 0 saturated carbocycles. The monoisotopic (exact) mass is 398 g/mol. The molecule has 1 aliphatic rings. The summed E-state index contributed by atoms with van der Waals surface area (Å²) >= 11 is 0. The molecule has 0 aliphatic carbocycles. The van der Waals surface area contributed by atoms with Gasteiger partial charge < -0.3 is 24.8 Å². The van der Waals surface area contributed by atoms with Crippen LogP contribution in [0.2, 0.25) is 0 Å². The van der Waals surface area contributed by atoms with Gasteiger partial charge in [-0.05, 0) is 37.3 Å². The molecule has 1 aliphatic heterocycles. The minimum Gasteiger partial charge on any atom is -0.454 e. The fourth-order valence-corrected chi connectivity index (χ4v) is 2.57. The number of benzene rings is 2. The normalized spacial score (nSPS) is 11.5. The molecule has 1 heterocycles. The van der Waals surface area contributed by atoms with Crippen molar-refractivity contribution in [3.63, 3.8) is 0 Å². The van der Waals surface area contributed by atoms with Crippen molar-refractivity contribution in [2.24, 2.45) is 0 Å². The van der Waals surface area contributed by atoms with E-state index in [1.165, 1.54) is 19.1 Å². The predicted molar refractivity (Wildman–Crippen MR) is 101 cm³/mol. The van der Waals surface area contributed by atoms with E-state index in [1.807, 2.05) is 0 Å². The number of anilines is 1. The van der Waals surface area contributed by atoms with Crippen LogP contribution >= 0.6 is 0 Å². The lowest BCUT2D eigenvalue weighted by atomic mass is 10.1. The third-order valence-electron chi connectivity index (χ3n) is 3.97. The third kappa shape index (κ3) is 5.10. The summed E-state index contributed by atoms with van der Waals surface area (Å²) in [5.74, 6) is -1.10. The Kier molecular flexibility index (Phi) is 6.08. The second-order valence-corrected chi connectivity index (χ2v) is 6.06. The number of para-hydroxylation sites is 1. The van der Waals surface area contributed by atoms with Crippen LogP contribution in [0.1, 0.15) is 27.6 Å². The highest BCUT2D eigenvalue weighted by Crippen LogP contribution is 2.32. The van der Waals surface area contributed by atoms with Gasteiger partial charge in [0.05, 0.1) is 5.69 Å². The third-order valence-corrected chi connectivity index (χ3v) is 3.97. The van der Waals surface area contributed by atoms with E-state index in [4.69, 9.17) is 14.2 Å². The molecule has 0 saturated heterocycles. The highest BCUT2D eigenvalue weighted by Gasteiger charge is 2.17. The van der Waals surface area contributed by atoms with Crippen molar-refractivity contribution in [2.45, 2.75) is 6.92 Å². The summed E-state index contributed by atoms with van der Waals surface area (Å²) in [4.78, 5) is 47.4. The number of hydrogen-bond acceptors (Lipinski definition) is 7. The maximum Gasteiger partial charge on any atom is 0.325 e. The zero-order chi connectivity index (χ0) is 20.8. The molecule has 2 N–H and O–H groups in total. The van der Waals surface area contributed by atoms with Crippen molar-refractivity contribution < 1.29 is 33.4 Å². The van der Waals surface area contributed by atoms with E-state index in [0.717, 1.165) is 0 Å². The molecule has 0 aromatic heterocycles. The SMILES string of the molecule is CC(=O)c1ccccc1NC(=O)COC(=O)CNC(=O)c1ccc2c(c1)OCO2. The number of nitrogens with one attached hydrogen (secondary N) is 2. The van der Waals surface area contributed by atoms with E-state index in [0.29, 0.717) is 28.3 Å². The van der Waals surface area contributed by atoms with Gasteiger partial charge in [0.2, 0.25) is 6.79 Å². The summed E-state index contributed by atoms with van der Waals surface area (Å²) in [6.45, 7) is 0.509. The standard InChI is InChI=1S/C20H18N2O7/c1-12(23)14-4-2-3-5-15(14)22-18(24)10-27-19(25)9-21-20(26)13-6-7-16-17(8-13)29-11-28-16/h2-8H,9-11H2,1H3,(H,21,26)(H,22,24). The Hall–Kier alpha value is -3.88. The number of rotatable bonds is 7. The van der Waals surface area contributed by atoms with Gasteiger partial charge in [-0.2, -0.15) is 0 Å². The second kappa shape index (κ2) is 8.87. The molecule has 3 rings (SSSR count). The lowest BCUT2D eigenvalue weighted by molar-refractivity contribution is -0.146. The number of ether oxygens (including phenoxy) is 3. The highest BCUT2D eigenvalue weighted by molar-refractivity contribution is 6.04. The van der Waals surface area contributed by atoms with Crippen molar-refractivity contribution in [2.75, 3.05) is 25.3 Å². The molecule has 2 aromatic rings. The van der Waals surface area contributed by atoms with E-state index < -0.39 is 30.9 Å². The van der Waals surface area contributed by atoms with Crippen molar-refractivity contribution in [3.8, 4) is 11.5 Å². The second-order valence-electron chi connectivity index (χ2n) is 6.06. The maximum atomic E-state index is 12.1. The summed E-state index contributed by atoms with van der Waals surface area (Å²) in [5, 5.41) is 4.91. The molecule has 150 valence electrons. The molecule has 2 amide bonds. The molecule has 2 aromatic carbocycles. The largest absolute Gasteiger partial charge is 0.454 e. The van der Waals surface area contributed by atoms with Gasteiger partial charge in [-0.1, -0.05) is 12.1 Å². The number of hydrogen-bond donors (Lipinski definition) is 2. The number of carbonyl (C=O) groups excluding carboxylic acids is 4. The molecular weight excluding hydrogens is 380 g/mol. The fourth-order valence-electron chi connectivity index (χ4n) is 2.57. The number of ketones is 1. The molecule has 9 heteroatoms. The maximum absolute atomic E-state index is 12.1. The van der Waals surface area contributed by atoms with Crippen molar-refractivity contribution in [1.82, 2.24) is 5.32 Å². The fraction of sp³-hybridized carbons (Fsp3) is 0.200. The summed E-state index contributed by atoms with van der Waals surface area (Å²) < 4.78 is 15.2. The van der Waals surface area contributed by atoms with Gasteiger partial charge in [-0.25, -0.2) is 0 Å². The topological polar surface area (TPSA) is 120 Å². The van der Waals surface area contributed by atoms with E-state index in [1.54, 1.807) is 30.3 Å². The first-order chi connectivity index (χ1) is 13.9. The number of amides is 2. The Morgan fingerprint density at radius 3 is 2.59 bits per heavy atom. The van der Waals surface area contributed by atoms with Gasteiger partial charge in [0.15, 0.2) is 23.9 Å². The minimum absolute atomic E-state index is 0.0890. The number of Topliss-reactive ketones (excluding diaryl/α,β-unsaturated/α-hetero) is 1. The van der Waals surface area contributed by atoms with Gasteiger partial charge in [-0.15, -0.1) is 0 Å². The van der Waals surface area contributed by atoms with Gasteiger partial charge in [0, 0.05) is 11.1 Å². The van der Waals surface area contributed by atoms with Crippen molar-refractivity contribution in [1.29, 1.82) is 0 Å². The molecule has 0 unspecified atom stereocenters. The first-order valence-electron chi connectivity index (χ1n) is 8.67. The summed E-state index contributed by atoms with van der Waals surface area (Å²) in [6.07, 6.45) is 0. The van der Waals surface area contributed by atoms with Crippen LogP contribution < -0.4 is 20.1 Å². The van der Waals surface area contributed by atoms with Crippen LogP contribution in [-0.2, 0) is 14.3 Å². The van der Waals surface area contributed by atoms with Crippen LogP contribution in [-0.4, -0.2) is 43.5 Å². The zero-order valence-corrected chi connectivity index (χ0v) is 15.5. The molecule has 0 radical (unpaired) electrons. The van der Waals surface area contributed by atoms with Crippen molar-refractivity contribution in [3.05, 3.63) is 53.6 Å². The van der Waals surface area contributed by atoms with E-state index >= 15 is 0 Å². The smallest absolute Gasteiger partial charge is 0.325 e. The summed E-state index contributed by atoms with van der Waals surface area (Å²) in [6, 6.07) is 11.1. The Labute approximate surface area is 165 Å². The Bertz CT molecular complexity index is 971. The predicted octanol–water partition coefficient (Wildman–Crippen LogP) is 1.53. The first kappa shape index (κ1) is 19.9. The van der Waals surface area contributed by atoms with Crippen LogP contribution in [0.4, 0.5) is 5.69 Å². The summed E-state index contributed by atoms with van der Waals surface area (Å²) in [5.41, 5.74) is 0.973. The van der Waals surface area contributed by atoms with E-state index in [9.17, 15) is 19.2 Å². The molecule has 0 fully saturated rings. The van der Waals surface area contributed by atoms with Crippen LogP contribution in [0.15, 0.2) is 42.5 Å². The minimum atomic E-state index is -0.783. The molecule has 0 bridgehead atoms. The van der Waals surface area contributed by atoms with Crippen LogP contribution in [0.3, 0.4) is 0 Å². The van der Waals surface area contributed by atoms with Crippen LogP contribution in [0.5, 0.6) is 11.5 Å². The first-order valence-corrected chi connectivity index (χ1v) is 8.67. The lowest BCUT2D eigenvalue weighted by Crippen LogP contribution is -2.32. The van der Waals surface area contributed by atoms with Gasteiger partial charge in [-0.3, -0.25) is 19.2 Å². The van der Waals surface area contributed by atoms with E-state index in [2.05, 4.69) is 10.6 Å². The van der Waals surface area contributed by atoms with Gasteiger partial charge >= 0.3 is 5.97 Å². The Morgan fingerprint density at radius 2 is 1.79 bits per heavy atom. The Balaban J connectivity index is 1.44. The molecule has 0 spiro atoms. The number of esters is 1. The molecule has 0 atom stereocenters. The van der Waals surface area contributed by atoms with Crippen molar-refractivity contribution >= 4 is 29.3 Å². The quantitative estimate of drug-likeness (QED) is 0.536. The Morgan fingerprint density at radius 1 is 1.03 bits per heavy atom. The average Bonchev–Trinajstić information content (AvgIpc) is 3.18. The van der Waals surface area contributed by atoms with Gasteiger partial charge in [0.25, 0.3) is 11.8 Å². The van der Waals surface area contributed by atoms with Crippen LogP contribution in [0, 0.1) is 0 Å². The van der Waals surface area contributed by atoms with Crippen LogP contribution in [0.25, 0.3) is 0 Å².